The molecule has 10 N–H and O–H groups in total. The van der Waals surface area contributed by atoms with Crippen molar-refractivity contribution >= 4 is 201 Å². The summed E-state index contributed by atoms with van der Waals surface area (Å²) in [6.45, 7) is 0. The lowest BCUT2D eigenvalue weighted by Crippen LogP contribution is -2.26. The Morgan fingerprint density at radius 1 is 0.396 bits per heavy atom. The second-order valence-electron chi connectivity index (χ2n) is 23.1. The molecule has 15 rings (SSSR count). The van der Waals surface area contributed by atoms with Crippen LogP contribution in [0.5, 0.6) is 0 Å². The molecule has 0 aliphatic rings. The maximum Gasteiger partial charge on any atom is 0.499 e. The van der Waals surface area contributed by atoms with Gasteiger partial charge in [-0.2, -0.15) is 15.8 Å². The highest BCUT2D eigenvalue weighted by molar-refractivity contribution is 9.10. The van der Waals surface area contributed by atoms with Gasteiger partial charge in [0.25, 0.3) is 9.05 Å². The number of nitrogens with zero attached hydrogens (tertiary/aromatic N) is 3. The number of fused-ring (bicyclic) bond motifs is 4. The monoisotopic (exact) mass is 1750 g/mol. The minimum absolute atomic E-state index is 0.0381. The van der Waals surface area contributed by atoms with Crippen molar-refractivity contribution in [3.63, 3.8) is 0 Å². The first-order valence-electron chi connectivity index (χ1n) is 31.3. The van der Waals surface area contributed by atoms with Crippen molar-refractivity contribution in [1.29, 1.82) is 15.8 Å². The Morgan fingerprint density at radius 3 is 1.12 bits per heavy atom. The molecule has 4 heterocycles. The van der Waals surface area contributed by atoms with Crippen molar-refractivity contribution in [1.82, 2.24) is 0 Å². The molecule has 0 fully saturated rings. The molecule has 111 heavy (non-hydrogen) atoms. The minimum atomic E-state index is -4.02. The van der Waals surface area contributed by atoms with Gasteiger partial charge in [0.1, 0.15) is 46.5 Å². The summed E-state index contributed by atoms with van der Waals surface area (Å²) in [4.78, 5) is 1.71. The molecule has 15 aromatic rings. The number of sulfone groups is 1. The average molecular weight is 1760 g/mol. The number of hydrogen-bond acceptors (Lipinski definition) is 17. The zero-order valence-electron chi connectivity index (χ0n) is 56.2. The third-order valence-corrected chi connectivity index (χ3v) is 24.0. The van der Waals surface area contributed by atoms with Crippen LogP contribution >= 0.6 is 107 Å². The van der Waals surface area contributed by atoms with Crippen LogP contribution < -0.4 is 27.7 Å². The topological polar surface area (TPSA) is 284 Å². The molecule has 0 atom stereocenters. The van der Waals surface area contributed by atoms with E-state index in [1.165, 1.54) is 99.9 Å². The van der Waals surface area contributed by atoms with Crippen LogP contribution in [-0.2, 0) is 24.6 Å². The van der Waals surface area contributed by atoms with Gasteiger partial charge in [0.2, 0.25) is 0 Å². The number of anilines is 4. The highest BCUT2D eigenvalue weighted by Crippen LogP contribution is 2.40. The third kappa shape index (κ3) is 22.8. The number of hydrogen-bond donors (Lipinski definition) is 6. The Balaban J connectivity index is 0.000000155. The van der Waals surface area contributed by atoms with E-state index in [4.69, 9.17) is 94.3 Å². The summed E-state index contributed by atoms with van der Waals surface area (Å²) in [7, 11) is -4.12. The summed E-state index contributed by atoms with van der Waals surface area (Å²) in [6, 6.07) is 64.1. The van der Waals surface area contributed by atoms with E-state index in [0.29, 0.717) is 43.1 Å². The smallest absolute Gasteiger partial charge is 0.423 e. The van der Waals surface area contributed by atoms with Gasteiger partial charge in [0.05, 0.1) is 72.0 Å². The van der Waals surface area contributed by atoms with Gasteiger partial charge in [0.15, 0.2) is 9.84 Å². The van der Waals surface area contributed by atoms with Crippen molar-refractivity contribution in [2.24, 2.45) is 0 Å². The van der Waals surface area contributed by atoms with Gasteiger partial charge in [-0.3, -0.25) is 0 Å². The molecule has 0 bridgehead atoms. The molecule has 33 heteroatoms. The van der Waals surface area contributed by atoms with Gasteiger partial charge in [-0.05, 0) is 165 Å². The number of benzene rings is 11. The van der Waals surface area contributed by atoms with Crippen LogP contribution in [0.1, 0.15) is 22.3 Å². The summed E-state index contributed by atoms with van der Waals surface area (Å²) in [5, 5.41) is 48.5. The molecule has 11 aromatic carbocycles. The van der Waals surface area contributed by atoms with E-state index >= 15 is 0 Å². The van der Waals surface area contributed by atoms with E-state index in [1.54, 1.807) is 36.4 Å². The lowest BCUT2D eigenvalue weighted by atomic mass is 9.89. The molecule has 0 unspecified atom stereocenters. The van der Waals surface area contributed by atoms with Crippen LogP contribution in [-0.4, -0.2) is 34.0 Å². The van der Waals surface area contributed by atoms with E-state index in [2.05, 4.69) is 15.9 Å². The summed E-state index contributed by atoms with van der Waals surface area (Å²) >= 11 is 25.6. The maximum atomic E-state index is 14.5. The standard InChI is InChI=1S/C22H12ClF2NO2S2.2C14H9F2NS.C8H7BO2S.C7H3Cl2NO2S.C7H5ClN2.C6H4BrF2N/c23-16-5-13(11-26)6-17(9-16)30(27,28)12-15-7-18(20(25)10-19(15)24)22-8-14-3-1-2-4-21(14)29-22;2*15-10-7-11(16)12(17)6-9(10)14-5-8-3-1-2-4-13(8)18-14;10-9(11)8-5-6-3-1-2-4-7(6)12-8;8-6-1-5(4-10)2-7(3-6)13(9,11)12;8-6-1-5(4-9)2-7(10)3-6;7-3-1-6(10)5(9)2-4(3)8/h1-10H,12H2;2*1-7H,17H2;1-5,10-11H;1-3H;1-3H,10H2;1-2H,10H2. The van der Waals surface area contributed by atoms with Gasteiger partial charge in [0, 0.05) is 116 Å². The zero-order chi connectivity index (χ0) is 80.8. The third-order valence-electron chi connectivity index (χ3n) is 15.2. The second-order valence-corrected chi connectivity index (χ2v) is 34.2. The fraction of sp³-hybridized carbons (Fsp3) is 0.0128. The van der Waals surface area contributed by atoms with Crippen LogP contribution in [0, 0.1) is 80.5 Å². The van der Waals surface area contributed by atoms with Crippen LogP contribution in [0.15, 0.2) is 239 Å². The average Bonchev–Trinajstić information content (AvgIpc) is 1.78. The molecule has 0 radical (unpaired) electrons. The Bertz CT molecular complexity index is 6050. The fourth-order valence-electron chi connectivity index (χ4n) is 9.95. The largest absolute Gasteiger partial charge is 0.499 e. The predicted octanol–water partition coefficient (Wildman–Crippen LogP) is 22.0. The van der Waals surface area contributed by atoms with E-state index < -0.39 is 78.3 Å². The van der Waals surface area contributed by atoms with E-state index in [1.807, 2.05) is 121 Å². The molecule has 0 amide bonds. The first-order valence-corrected chi connectivity index (χ1v) is 40.5. The Labute approximate surface area is 673 Å². The second kappa shape index (κ2) is 37.7. The summed E-state index contributed by atoms with van der Waals surface area (Å²) in [5.41, 5.74) is 23.2. The first-order chi connectivity index (χ1) is 52.6. The van der Waals surface area contributed by atoms with Crippen LogP contribution in [0.2, 0.25) is 15.1 Å². The molecule has 0 aliphatic carbocycles. The van der Waals surface area contributed by atoms with Crippen molar-refractivity contribution in [3.8, 4) is 49.5 Å². The lowest BCUT2D eigenvalue weighted by Gasteiger charge is -2.09. The number of nitrogens with two attached hydrogens (primary N) is 4. The fourth-order valence-corrected chi connectivity index (χ4v) is 17.5. The number of halogens is 13. The quantitative estimate of drug-likeness (QED) is 0.0272. The minimum Gasteiger partial charge on any atom is -0.423 e. The highest BCUT2D eigenvalue weighted by atomic mass is 79.9. The number of rotatable bonds is 8. The summed E-state index contributed by atoms with van der Waals surface area (Å²) in [5.74, 6) is -6.43. The van der Waals surface area contributed by atoms with Crippen molar-refractivity contribution in [3.05, 3.63) is 313 Å². The highest BCUT2D eigenvalue weighted by Gasteiger charge is 2.23. The first kappa shape index (κ1) is 84.9. The van der Waals surface area contributed by atoms with Crippen molar-refractivity contribution in [2.75, 3.05) is 22.9 Å². The Kier molecular flexibility index (Phi) is 28.9. The molecular formula is C78H49BBrCl4F8N7O6S6. The predicted molar refractivity (Wildman–Crippen MR) is 437 cm³/mol. The van der Waals surface area contributed by atoms with Gasteiger partial charge in [-0.25, -0.2) is 52.0 Å². The van der Waals surface area contributed by atoms with Gasteiger partial charge >= 0.3 is 7.12 Å². The summed E-state index contributed by atoms with van der Waals surface area (Å²) in [6.07, 6.45) is 0. The Morgan fingerprint density at radius 2 is 0.739 bits per heavy atom. The van der Waals surface area contributed by atoms with Gasteiger partial charge in [-0.15, -0.1) is 45.3 Å². The molecule has 562 valence electrons. The van der Waals surface area contributed by atoms with E-state index in [-0.39, 0.29) is 63.6 Å². The number of thiophene rings is 4. The maximum absolute atomic E-state index is 14.5. The molecule has 0 saturated heterocycles. The van der Waals surface area contributed by atoms with Crippen molar-refractivity contribution < 1.29 is 62.0 Å². The van der Waals surface area contributed by atoms with Gasteiger partial charge < -0.3 is 33.0 Å². The zero-order valence-corrected chi connectivity index (χ0v) is 65.7. The molecule has 0 spiro atoms. The molecule has 0 aliphatic heterocycles. The lowest BCUT2D eigenvalue weighted by molar-refractivity contribution is 0.427. The molecule has 4 aromatic heterocycles. The van der Waals surface area contributed by atoms with Gasteiger partial charge in [-0.1, -0.05) is 108 Å². The SMILES string of the molecule is N#Cc1cc(Cl)cc(S(=O)(=O)Cc2cc(-c3cc4ccccc4s3)c(F)cc2F)c1.N#Cc1cc(Cl)cc(S(=O)(=O)Cl)c1.N#Cc1cc(N)cc(Cl)c1.Nc1cc(-c2cc3ccccc3s2)c(F)cc1F.Nc1cc(-c2cc3ccccc3s2)c(F)cc1F.Nc1cc(Br)c(F)cc1F.OB(O)c1cc2ccccc2s1. The molecule has 0 saturated carbocycles. The van der Waals surface area contributed by atoms with Crippen LogP contribution in [0.25, 0.3) is 71.7 Å². The van der Waals surface area contributed by atoms with Crippen LogP contribution in [0.3, 0.4) is 0 Å². The Hall–Kier alpha value is -10.1. The van der Waals surface area contributed by atoms with E-state index in [0.717, 1.165) is 74.4 Å². The number of nitrogen functional groups attached to an aromatic ring is 4. The van der Waals surface area contributed by atoms with E-state index in [9.17, 15) is 52.0 Å². The van der Waals surface area contributed by atoms with Crippen molar-refractivity contribution in [2.45, 2.75) is 15.5 Å². The van der Waals surface area contributed by atoms with Crippen LogP contribution in [0.4, 0.5) is 57.9 Å². The molecular weight excluding hydrogens is 1710 g/mol. The number of nitriles is 3. The normalized spacial score (nSPS) is 10.8. The molecule has 13 nitrogen and oxygen atoms in total. The summed E-state index contributed by atoms with van der Waals surface area (Å²) < 4.78 is 160.